The van der Waals surface area contributed by atoms with Crippen molar-refractivity contribution in [2.75, 3.05) is 0 Å². The lowest BCUT2D eigenvalue weighted by Gasteiger charge is -2.29. The highest BCUT2D eigenvalue weighted by Gasteiger charge is 2.23. The van der Waals surface area contributed by atoms with Crippen molar-refractivity contribution in [2.24, 2.45) is 5.92 Å². The van der Waals surface area contributed by atoms with Gasteiger partial charge in [-0.1, -0.05) is 25.8 Å². The smallest absolute Gasteiger partial charge is 0.270 e. The SMILES string of the molecule is CC1CCCCC1NC(=O)c1cccc(F)n1. The fourth-order valence-electron chi connectivity index (χ4n) is 2.31. The molecule has 1 aromatic rings. The van der Waals surface area contributed by atoms with E-state index in [1.807, 2.05) is 0 Å². The molecule has 1 N–H and O–H groups in total. The van der Waals surface area contributed by atoms with Gasteiger partial charge in [-0.05, 0) is 30.9 Å². The summed E-state index contributed by atoms with van der Waals surface area (Å²) in [5.41, 5.74) is 0.155. The number of nitrogens with zero attached hydrogens (tertiary/aromatic N) is 1. The van der Waals surface area contributed by atoms with E-state index in [0.29, 0.717) is 5.92 Å². The summed E-state index contributed by atoms with van der Waals surface area (Å²) in [5, 5.41) is 2.94. The van der Waals surface area contributed by atoms with Gasteiger partial charge in [-0.15, -0.1) is 0 Å². The number of carbonyl (C=O) groups is 1. The van der Waals surface area contributed by atoms with Crippen molar-refractivity contribution in [1.82, 2.24) is 10.3 Å². The maximum absolute atomic E-state index is 12.9. The summed E-state index contributed by atoms with van der Waals surface area (Å²) in [6.45, 7) is 2.14. The molecule has 0 aliphatic heterocycles. The molecule has 0 radical (unpaired) electrons. The first kappa shape index (κ1) is 12.0. The minimum atomic E-state index is -0.616. The summed E-state index contributed by atoms with van der Waals surface area (Å²) >= 11 is 0. The van der Waals surface area contributed by atoms with Crippen LogP contribution < -0.4 is 5.32 Å². The number of rotatable bonds is 2. The average molecular weight is 236 g/mol. The average Bonchev–Trinajstić information content (AvgIpc) is 2.32. The molecule has 1 aliphatic rings. The molecule has 1 aromatic heterocycles. The van der Waals surface area contributed by atoms with Crippen LogP contribution >= 0.6 is 0 Å². The van der Waals surface area contributed by atoms with Crippen molar-refractivity contribution in [2.45, 2.75) is 38.6 Å². The third-order valence-electron chi connectivity index (χ3n) is 3.38. The van der Waals surface area contributed by atoms with Crippen LogP contribution in [0.5, 0.6) is 0 Å². The van der Waals surface area contributed by atoms with Crippen LogP contribution in [-0.2, 0) is 0 Å². The van der Waals surface area contributed by atoms with Gasteiger partial charge in [0, 0.05) is 6.04 Å². The first-order chi connectivity index (χ1) is 8.16. The van der Waals surface area contributed by atoms with Crippen LogP contribution in [0.2, 0.25) is 0 Å². The Morgan fingerprint density at radius 3 is 2.88 bits per heavy atom. The Kier molecular flexibility index (Phi) is 3.71. The zero-order valence-electron chi connectivity index (χ0n) is 9.95. The van der Waals surface area contributed by atoms with Crippen molar-refractivity contribution in [1.29, 1.82) is 0 Å². The zero-order valence-corrected chi connectivity index (χ0v) is 9.95. The molecule has 92 valence electrons. The van der Waals surface area contributed by atoms with E-state index < -0.39 is 5.95 Å². The van der Waals surface area contributed by atoms with E-state index in [4.69, 9.17) is 0 Å². The fourth-order valence-corrected chi connectivity index (χ4v) is 2.31. The summed E-state index contributed by atoms with van der Waals surface area (Å²) in [5.74, 6) is -0.404. The lowest BCUT2D eigenvalue weighted by atomic mass is 9.86. The van der Waals surface area contributed by atoms with Gasteiger partial charge in [0.05, 0.1) is 0 Å². The summed E-state index contributed by atoms with van der Waals surface area (Å²) in [6.07, 6.45) is 4.52. The summed E-state index contributed by atoms with van der Waals surface area (Å²) in [6, 6.07) is 4.47. The van der Waals surface area contributed by atoms with Crippen molar-refractivity contribution >= 4 is 5.91 Å². The lowest BCUT2D eigenvalue weighted by molar-refractivity contribution is 0.0904. The number of hydrogen-bond acceptors (Lipinski definition) is 2. The van der Waals surface area contributed by atoms with Crippen LogP contribution in [0.4, 0.5) is 4.39 Å². The van der Waals surface area contributed by atoms with Gasteiger partial charge >= 0.3 is 0 Å². The predicted molar refractivity (Wildman–Crippen MR) is 63.1 cm³/mol. The number of nitrogens with one attached hydrogen (secondary N) is 1. The van der Waals surface area contributed by atoms with Crippen LogP contribution in [0.25, 0.3) is 0 Å². The Balaban J connectivity index is 2.01. The molecule has 4 heteroatoms. The highest BCUT2D eigenvalue weighted by atomic mass is 19.1. The van der Waals surface area contributed by atoms with Gasteiger partial charge in [-0.3, -0.25) is 4.79 Å². The highest BCUT2D eigenvalue weighted by Crippen LogP contribution is 2.23. The second kappa shape index (κ2) is 5.25. The first-order valence-corrected chi connectivity index (χ1v) is 6.10. The Hall–Kier alpha value is -1.45. The predicted octanol–water partition coefficient (Wildman–Crippen LogP) is 2.53. The topological polar surface area (TPSA) is 42.0 Å². The van der Waals surface area contributed by atoms with E-state index in [1.165, 1.54) is 24.6 Å². The largest absolute Gasteiger partial charge is 0.348 e. The molecule has 0 saturated heterocycles. The summed E-state index contributed by atoms with van der Waals surface area (Å²) < 4.78 is 12.9. The van der Waals surface area contributed by atoms with E-state index in [2.05, 4.69) is 17.2 Å². The molecule has 17 heavy (non-hydrogen) atoms. The Morgan fingerprint density at radius 1 is 1.41 bits per heavy atom. The van der Waals surface area contributed by atoms with Gasteiger partial charge in [0.15, 0.2) is 0 Å². The Morgan fingerprint density at radius 2 is 2.18 bits per heavy atom. The third-order valence-corrected chi connectivity index (χ3v) is 3.38. The molecule has 0 aromatic carbocycles. The van der Waals surface area contributed by atoms with Crippen molar-refractivity contribution in [3.05, 3.63) is 29.8 Å². The van der Waals surface area contributed by atoms with Gasteiger partial charge in [0.1, 0.15) is 5.69 Å². The molecule has 2 rings (SSSR count). The van der Waals surface area contributed by atoms with Crippen LogP contribution in [0, 0.1) is 11.9 Å². The van der Waals surface area contributed by atoms with Crippen LogP contribution in [-0.4, -0.2) is 16.9 Å². The second-order valence-electron chi connectivity index (χ2n) is 4.69. The summed E-state index contributed by atoms with van der Waals surface area (Å²) in [4.78, 5) is 15.5. The molecule has 1 fully saturated rings. The molecular weight excluding hydrogens is 219 g/mol. The number of amides is 1. The van der Waals surface area contributed by atoms with Crippen LogP contribution in [0.3, 0.4) is 0 Å². The molecule has 1 heterocycles. The maximum atomic E-state index is 12.9. The molecule has 3 nitrogen and oxygen atoms in total. The molecule has 0 spiro atoms. The van der Waals surface area contributed by atoms with E-state index in [1.54, 1.807) is 0 Å². The van der Waals surface area contributed by atoms with Crippen molar-refractivity contribution in [3.63, 3.8) is 0 Å². The number of halogens is 1. The Labute approximate surface area is 100 Å². The molecule has 1 amide bonds. The van der Waals surface area contributed by atoms with Crippen LogP contribution in [0.15, 0.2) is 18.2 Å². The number of pyridine rings is 1. The van der Waals surface area contributed by atoms with Crippen molar-refractivity contribution < 1.29 is 9.18 Å². The van der Waals surface area contributed by atoms with Gasteiger partial charge in [-0.25, -0.2) is 4.98 Å². The van der Waals surface area contributed by atoms with Crippen LogP contribution in [0.1, 0.15) is 43.1 Å². The van der Waals surface area contributed by atoms with E-state index in [0.717, 1.165) is 19.3 Å². The minimum absolute atomic E-state index is 0.155. The lowest BCUT2D eigenvalue weighted by Crippen LogP contribution is -2.41. The number of hydrogen-bond donors (Lipinski definition) is 1. The normalized spacial score (nSPS) is 24.4. The standard InChI is InChI=1S/C13H17FN2O/c1-9-5-2-3-6-10(9)16-13(17)11-7-4-8-12(14)15-11/h4,7-10H,2-3,5-6H2,1H3,(H,16,17). The molecule has 2 unspecified atom stereocenters. The molecule has 2 atom stereocenters. The van der Waals surface area contributed by atoms with E-state index in [9.17, 15) is 9.18 Å². The van der Waals surface area contributed by atoms with Crippen molar-refractivity contribution in [3.8, 4) is 0 Å². The third kappa shape index (κ3) is 3.02. The molecular formula is C13H17FN2O. The van der Waals surface area contributed by atoms with Gasteiger partial charge < -0.3 is 5.32 Å². The summed E-state index contributed by atoms with van der Waals surface area (Å²) in [7, 11) is 0. The maximum Gasteiger partial charge on any atom is 0.270 e. The van der Waals surface area contributed by atoms with E-state index >= 15 is 0 Å². The highest BCUT2D eigenvalue weighted by molar-refractivity contribution is 5.92. The van der Waals surface area contributed by atoms with Gasteiger partial charge in [0.2, 0.25) is 5.95 Å². The van der Waals surface area contributed by atoms with Gasteiger partial charge in [0.25, 0.3) is 5.91 Å². The molecule has 0 bridgehead atoms. The molecule has 1 aliphatic carbocycles. The Bertz CT molecular complexity index is 408. The quantitative estimate of drug-likeness (QED) is 0.802. The van der Waals surface area contributed by atoms with Gasteiger partial charge in [-0.2, -0.15) is 4.39 Å². The second-order valence-corrected chi connectivity index (χ2v) is 4.69. The number of aromatic nitrogens is 1. The zero-order chi connectivity index (χ0) is 12.3. The first-order valence-electron chi connectivity index (χ1n) is 6.10. The molecule has 1 saturated carbocycles. The minimum Gasteiger partial charge on any atom is -0.348 e. The number of carbonyl (C=O) groups excluding carboxylic acids is 1. The monoisotopic (exact) mass is 236 g/mol. The van der Waals surface area contributed by atoms with E-state index in [-0.39, 0.29) is 17.6 Å². The fraction of sp³-hybridized carbons (Fsp3) is 0.538.